The van der Waals surface area contributed by atoms with Gasteiger partial charge in [0.1, 0.15) is 17.9 Å². The van der Waals surface area contributed by atoms with E-state index < -0.39 is 47.0 Å². The summed E-state index contributed by atoms with van der Waals surface area (Å²) in [5, 5.41) is 5.24. The lowest BCUT2D eigenvalue weighted by Gasteiger charge is -2.26. The third-order valence-electron chi connectivity index (χ3n) is 6.89. The number of rotatable bonds is 4. The van der Waals surface area contributed by atoms with Crippen LogP contribution in [0.5, 0.6) is 0 Å². The quantitative estimate of drug-likeness (QED) is 0.557. The van der Waals surface area contributed by atoms with Crippen molar-refractivity contribution < 1.29 is 24.5 Å². The van der Waals surface area contributed by atoms with Crippen molar-refractivity contribution in [3.8, 4) is 0 Å². The average Bonchev–Trinajstić information content (AvgIpc) is 3.30. The van der Waals surface area contributed by atoms with Crippen molar-refractivity contribution in [2.75, 3.05) is 5.32 Å². The summed E-state index contributed by atoms with van der Waals surface area (Å²) in [5.41, 5.74) is 6.44. The monoisotopic (exact) mass is 487 g/mol. The van der Waals surface area contributed by atoms with Gasteiger partial charge in [0.25, 0.3) is 5.91 Å². The highest BCUT2D eigenvalue weighted by molar-refractivity contribution is 6.35. The number of nitrogens with two attached hydrogens (primary N) is 2. The van der Waals surface area contributed by atoms with Crippen molar-refractivity contribution in [2.24, 2.45) is 17.6 Å². The first kappa shape index (κ1) is 21.9. The zero-order valence-corrected chi connectivity index (χ0v) is 19.1. The number of benzene rings is 2. The molecule has 0 radical (unpaired) electrons. The molecular formula is C23H21Cl2N4O4+. The fourth-order valence-corrected chi connectivity index (χ4v) is 6.10. The largest absolute Gasteiger partial charge is 0.369 e. The van der Waals surface area contributed by atoms with Crippen LogP contribution in [0.25, 0.3) is 0 Å². The Kier molecular flexibility index (Phi) is 5.00. The Morgan fingerprint density at radius 3 is 2.58 bits per heavy atom. The van der Waals surface area contributed by atoms with Crippen LogP contribution in [0.2, 0.25) is 10.0 Å². The van der Waals surface area contributed by atoms with E-state index in [4.69, 9.17) is 28.9 Å². The number of fused-ring (bicyclic) bond motifs is 4. The van der Waals surface area contributed by atoms with Gasteiger partial charge in [0.05, 0.1) is 23.7 Å². The second-order valence-electron chi connectivity index (χ2n) is 8.85. The van der Waals surface area contributed by atoms with Crippen molar-refractivity contribution in [2.45, 2.75) is 31.5 Å². The highest BCUT2D eigenvalue weighted by Crippen LogP contribution is 2.51. The Labute approximate surface area is 199 Å². The molecule has 0 aliphatic carbocycles. The van der Waals surface area contributed by atoms with Crippen molar-refractivity contribution in [3.63, 3.8) is 0 Å². The van der Waals surface area contributed by atoms with Crippen LogP contribution in [0.1, 0.15) is 23.1 Å². The lowest BCUT2D eigenvalue weighted by molar-refractivity contribution is -0.732. The van der Waals surface area contributed by atoms with Crippen LogP contribution < -0.4 is 16.4 Å². The molecule has 3 heterocycles. The van der Waals surface area contributed by atoms with Crippen LogP contribution in [0, 0.1) is 18.8 Å². The second kappa shape index (κ2) is 7.55. The van der Waals surface area contributed by atoms with Gasteiger partial charge in [0, 0.05) is 10.6 Å². The Balaban J connectivity index is 1.64. The number of nitrogens with zero attached hydrogens (tertiary/aromatic N) is 1. The summed E-state index contributed by atoms with van der Waals surface area (Å²) in [7, 11) is 0. The van der Waals surface area contributed by atoms with E-state index in [2.05, 4.69) is 5.32 Å². The molecule has 33 heavy (non-hydrogen) atoms. The smallest absolute Gasteiger partial charge is 0.291 e. The SMILES string of the molecule is Cc1cc(Cl)c2c(c1)[C@]1([NH2+][C@@H](CC(N)=O)[C@H]3C(=O)N(Cc4ccccc4Cl)C(=O)[C@H]31)C(=O)N2. The third kappa shape index (κ3) is 3.08. The third-order valence-corrected chi connectivity index (χ3v) is 7.56. The number of halogens is 2. The van der Waals surface area contributed by atoms with Crippen LogP contribution in [-0.2, 0) is 31.3 Å². The maximum absolute atomic E-state index is 13.7. The van der Waals surface area contributed by atoms with Gasteiger partial charge in [-0.15, -0.1) is 0 Å². The minimum absolute atomic E-state index is 0.0211. The molecule has 2 aromatic carbocycles. The minimum atomic E-state index is -1.42. The predicted molar refractivity (Wildman–Crippen MR) is 120 cm³/mol. The minimum Gasteiger partial charge on any atom is -0.369 e. The van der Waals surface area contributed by atoms with Gasteiger partial charge in [-0.2, -0.15) is 0 Å². The molecule has 3 aliphatic heterocycles. The van der Waals surface area contributed by atoms with Crippen molar-refractivity contribution in [1.29, 1.82) is 0 Å². The van der Waals surface area contributed by atoms with E-state index in [-0.39, 0.29) is 13.0 Å². The summed E-state index contributed by atoms with van der Waals surface area (Å²) in [6, 6.07) is 9.79. The molecule has 0 bridgehead atoms. The molecule has 4 atom stereocenters. The van der Waals surface area contributed by atoms with Gasteiger partial charge in [0.15, 0.2) is 0 Å². The number of carbonyl (C=O) groups excluding carboxylic acids is 4. The van der Waals surface area contributed by atoms with E-state index in [9.17, 15) is 19.2 Å². The van der Waals surface area contributed by atoms with Gasteiger partial charge >= 0.3 is 0 Å². The molecule has 4 amide bonds. The lowest BCUT2D eigenvalue weighted by Crippen LogP contribution is -2.99. The van der Waals surface area contributed by atoms with E-state index in [1.54, 1.807) is 41.7 Å². The van der Waals surface area contributed by atoms with E-state index in [0.29, 0.717) is 26.9 Å². The number of aryl methyl sites for hydroxylation is 1. The molecule has 0 aromatic heterocycles. The number of anilines is 1. The molecule has 8 nitrogen and oxygen atoms in total. The van der Waals surface area contributed by atoms with Crippen LogP contribution in [0.4, 0.5) is 5.69 Å². The van der Waals surface area contributed by atoms with E-state index in [0.717, 1.165) is 10.5 Å². The number of hydrogen-bond acceptors (Lipinski definition) is 4. The Morgan fingerprint density at radius 2 is 1.88 bits per heavy atom. The lowest BCUT2D eigenvalue weighted by atomic mass is 9.76. The number of primary amides is 1. The first-order valence-corrected chi connectivity index (χ1v) is 11.3. The maximum atomic E-state index is 13.7. The topological polar surface area (TPSA) is 126 Å². The van der Waals surface area contributed by atoms with Crippen LogP contribution >= 0.6 is 23.2 Å². The molecule has 2 fully saturated rings. The standard InChI is InChI=1S/C23H20Cl2N4O4/c1-10-6-12-19(14(25)7-10)27-22(33)23(12)18-17(15(28-23)8-16(26)30)20(31)29(21(18)32)9-11-4-2-3-5-13(11)24/h2-7,15,17-18,28H,8-9H2,1H3,(H2,26,30)(H,27,33)/p+1/t15-,17+,18-,23+/m0/s1. The molecule has 1 spiro atoms. The average molecular weight is 488 g/mol. The van der Waals surface area contributed by atoms with Crippen LogP contribution in [0.3, 0.4) is 0 Å². The summed E-state index contributed by atoms with van der Waals surface area (Å²) in [6.07, 6.45) is -0.149. The number of imide groups is 1. The van der Waals surface area contributed by atoms with E-state index in [1.807, 2.05) is 6.92 Å². The molecule has 0 unspecified atom stereocenters. The molecule has 2 aromatic rings. The van der Waals surface area contributed by atoms with Gasteiger partial charge in [-0.3, -0.25) is 24.1 Å². The fourth-order valence-electron chi connectivity index (χ4n) is 5.59. The Bertz CT molecular complexity index is 1250. The number of amides is 4. The van der Waals surface area contributed by atoms with Gasteiger partial charge in [-0.1, -0.05) is 41.4 Å². The zero-order chi connectivity index (χ0) is 23.7. The van der Waals surface area contributed by atoms with Crippen molar-refractivity contribution in [1.82, 2.24) is 4.90 Å². The number of carbonyl (C=O) groups is 4. The number of likely N-dealkylation sites (tertiary alicyclic amines) is 1. The molecule has 0 saturated carbocycles. The predicted octanol–water partition coefficient (Wildman–Crippen LogP) is 1.07. The Hall–Kier alpha value is -2.94. The number of hydrogen-bond donors (Lipinski definition) is 3. The number of nitrogens with one attached hydrogen (secondary N) is 1. The molecule has 10 heteroatoms. The second-order valence-corrected chi connectivity index (χ2v) is 9.67. The van der Waals surface area contributed by atoms with Crippen molar-refractivity contribution in [3.05, 3.63) is 63.1 Å². The highest BCUT2D eigenvalue weighted by Gasteiger charge is 2.74. The molecular weight excluding hydrogens is 467 g/mol. The Morgan fingerprint density at radius 1 is 1.15 bits per heavy atom. The fraction of sp³-hybridized carbons (Fsp3) is 0.304. The first-order chi connectivity index (χ1) is 15.6. The highest BCUT2D eigenvalue weighted by atomic mass is 35.5. The maximum Gasteiger partial charge on any atom is 0.291 e. The number of quaternary nitrogens is 1. The molecule has 170 valence electrons. The normalized spacial score (nSPS) is 27.8. The molecule has 3 aliphatic rings. The molecule has 5 N–H and O–H groups in total. The summed E-state index contributed by atoms with van der Waals surface area (Å²) in [4.78, 5) is 53.7. The van der Waals surface area contributed by atoms with Gasteiger partial charge < -0.3 is 16.4 Å². The summed E-state index contributed by atoms with van der Waals surface area (Å²) in [5.74, 6) is -3.86. The molecule has 2 saturated heterocycles. The van der Waals surface area contributed by atoms with E-state index in [1.165, 1.54) is 0 Å². The van der Waals surface area contributed by atoms with Gasteiger partial charge in [0.2, 0.25) is 23.3 Å². The molecule has 5 rings (SSSR count). The van der Waals surface area contributed by atoms with Gasteiger partial charge in [-0.25, -0.2) is 0 Å². The van der Waals surface area contributed by atoms with Crippen LogP contribution in [0.15, 0.2) is 36.4 Å². The van der Waals surface area contributed by atoms with Gasteiger partial charge in [-0.05, 0) is 36.2 Å². The van der Waals surface area contributed by atoms with Crippen LogP contribution in [-0.4, -0.2) is 34.6 Å². The van der Waals surface area contributed by atoms with E-state index >= 15 is 0 Å². The first-order valence-electron chi connectivity index (χ1n) is 10.5. The van der Waals surface area contributed by atoms with Crippen molar-refractivity contribution >= 4 is 52.5 Å². The zero-order valence-electron chi connectivity index (χ0n) is 17.6. The summed E-state index contributed by atoms with van der Waals surface area (Å²) >= 11 is 12.7. The summed E-state index contributed by atoms with van der Waals surface area (Å²) < 4.78 is 0. The summed E-state index contributed by atoms with van der Waals surface area (Å²) in [6.45, 7) is 1.81.